The first-order valence-electron chi connectivity index (χ1n) is 10.5. The lowest BCUT2D eigenvalue weighted by Crippen LogP contribution is -2.52. The lowest BCUT2D eigenvalue weighted by Gasteiger charge is -2.24. The number of rotatable bonds is 15. The fourth-order valence-electron chi connectivity index (χ4n) is 2.54. The molecule has 1 unspecified atom stereocenters. The van der Waals surface area contributed by atoms with E-state index in [1.54, 1.807) is 20.8 Å². The van der Waals surface area contributed by atoms with E-state index in [2.05, 4.69) is 15.0 Å². The number of amides is 1. The molecule has 15 heteroatoms. The molecule has 0 spiro atoms. The molecule has 1 rings (SSSR count). The van der Waals surface area contributed by atoms with Crippen molar-refractivity contribution < 1.29 is 37.8 Å². The predicted molar refractivity (Wildman–Crippen MR) is 122 cm³/mol. The van der Waals surface area contributed by atoms with E-state index in [1.165, 1.54) is 12.3 Å². The van der Waals surface area contributed by atoms with Crippen LogP contribution in [0.4, 0.5) is 5.82 Å². The first-order chi connectivity index (χ1) is 16.0. The second-order valence-corrected chi connectivity index (χ2v) is 9.56. The highest BCUT2D eigenvalue weighted by atomic mass is 31.2. The molecular formula is C19H34N5O9P. The van der Waals surface area contributed by atoms with Crippen molar-refractivity contribution in [3.8, 4) is 0 Å². The third-order valence-corrected chi connectivity index (χ3v) is 6.21. The number of hydrogen-bond acceptors (Lipinski definition) is 12. The molecule has 0 radical (unpaired) electrons. The molecule has 1 amide bonds. The highest BCUT2D eigenvalue weighted by molar-refractivity contribution is 7.53. The minimum Gasteiger partial charge on any atom is -0.467 e. The first kappa shape index (κ1) is 29.7. The van der Waals surface area contributed by atoms with Crippen molar-refractivity contribution >= 4 is 25.3 Å². The van der Waals surface area contributed by atoms with Gasteiger partial charge in [-0.25, -0.2) is 9.59 Å². The number of nitrogens with zero attached hydrogens (tertiary/aromatic N) is 2. The number of anilines is 1. The van der Waals surface area contributed by atoms with Gasteiger partial charge in [-0.15, -0.1) is 0 Å². The molecule has 0 bridgehead atoms. The van der Waals surface area contributed by atoms with E-state index in [4.69, 9.17) is 25.3 Å². The van der Waals surface area contributed by atoms with E-state index in [-0.39, 0.29) is 24.9 Å². The molecule has 1 aromatic heterocycles. The Kier molecular flexibility index (Phi) is 12.3. The molecule has 0 fully saturated rings. The number of nitrogen functional groups attached to an aromatic ring is 1. The number of aliphatic hydroxyl groups excluding tert-OH is 1. The van der Waals surface area contributed by atoms with Crippen LogP contribution in [-0.4, -0.2) is 78.0 Å². The van der Waals surface area contributed by atoms with Crippen molar-refractivity contribution in [1.29, 1.82) is 0 Å². The molecule has 0 aromatic carbocycles. The maximum Gasteiger partial charge on any atom is 0.356 e. The number of carbonyl (C=O) groups excluding carboxylic acids is 2. The minimum absolute atomic E-state index is 0.0146. The Morgan fingerprint density at radius 1 is 1.32 bits per heavy atom. The summed E-state index contributed by atoms with van der Waals surface area (Å²) in [4.78, 5) is 39.8. The zero-order valence-electron chi connectivity index (χ0n) is 19.7. The number of nitrogens with two attached hydrogens (primary N) is 2. The molecule has 0 aliphatic heterocycles. The van der Waals surface area contributed by atoms with Crippen molar-refractivity contribution in [2.45, 2.75) is 45.5 Å². The number of hydrogen-bond donors (Lipinski definition) is 4. The van der Waals surface area contributed by atoms with Gasteiger partial charge in [-0.1, -0.05) is 13.8 Å². The Labute approximate surface area is 197 Å². The van der Waals surface area contributed by atoms with Crippen LogP contribution in [0, 0.1) is 5.92 Å². The van der Waals surface area contributed by atoms with E-state index in [0.717, 1.165) is 11.7 Å². The summed E-state index contributed by atoms with van der Waals surface area (Å²) in [5.41, 5.74) is 10.6. The van der Waals surface area contributed by atoms with E-state index < -0.39 is 62.9 Å². The molecule has 0 aliphatic carbocycles. The van der Waals surface area contributed by atoms with Crippen molar-refractivity contribution in [3.63, 3.8) is 0 Å². The average molecular weight is 507 g/mol. The lowest BCUT2D eigenvalue weighted by atomic mass is 10.0. The van der Waals surface area contributed by atoms with Crippen molar-refractivity contribution in [2.24, 2.45) is 11.7 Å². The number of methoxy groups -OCH3 is 1. The topological polar surface area (TPSA) is 207 Å². The Morgan fingerprint density at radius 2 is 2.00 bits per heavy atom. The lowest BCUT2D eigenvalue weighted by molar-refractivity contribution is -0.146. The SMILES string of the molecule is CCOP(=O)(CO[C@H](CO)Cn1ccc(N)nc1=O)OC[C@H](NC(=O)[C@@H](N)C(C)C)C(=O)OC. The fraction of sp³-hybridized carbons (Fsp3) is 0.684. The summed E-state index contributed by atoms with van der Waals surface area (Å²) in [5.74, 6) is -1.60. The number of carbonyl (C=O) groups is 2. The van der Waals surface area contributed by atoms with E-state index in [0.29, 0.717) is 0 Å². The van der Waals surface area contributed by atoms with Gasteiger partial charge in [-0.3, -0.25) is 13.9 Å². The van der Waals surface area contributed by atoms with Gasteiger partial charge in [-0.2, -0.15) is 4.98 Å². The maximum atomic E-state index is 13.1. The summed E-state index contributed by atoms with van der Waals surface area (Å²) in [5, 5.41) is 12.0. The van der Waals surface area contributed by atoms with Crippen molar-refractivity contribution in [1.82, 2.24) is 14.9 Å². The van der Waals surface area contributed by atoms with Crippen LogP contribution in [0.1, 0.15) is 20.8 Å². The Hall–Kier alpha value is -2.35. The normalized spacial score (nSPS) is 15.9. The Balaban J connectivity index is 2.85. The van der Waals surface area contributed by atoms with Crippen molar-refractivity contribution in [2.75, 3.05) is 39.0 Å². The van der Waals surface area contributed by atoms with Crippen LogP contribution in [0.3, 0.4) is 0 Å². The molecule has 34 heavy (non-hydrogen) atoms. The highest BCUT2D eigenvalue weighted by Crippen LogP contribution is 2.48. The van der Waals surface area contributed by atoms with Crippen LogP contribution in [-0.2, 0) is 39.2 Å². The number of aromatic nitrogens is 2. The van der Waals surface area contributed by atoms with Crippen LogP contribution in [0.25, 0.3) is 0 Å². The summed E-state index contributed by atoms with van der Waals surface area (Å²) in [6, 6.07) is -0.786. The number of aliphatic hydroxyl groups is 1. The smallest absolute Gasteiger partial charge is 0.356 e. The monoisotopic (exact) mass is 507 g/mol. The molecule has 0 saturated carbocycles. The van der Waals surface area contributed by atoms with E-state index in [1.807, 2.05) is 0 Å². The van der Waals surface area contributed by atoms with Crippen LogP contribution in [0.15, 0.2) is 17.1 Å². The molecule has 1 heterocycles. The van der Waals surface area contributed by atoms with Gasteiger partial charge in [0.25, 0.3) is 0 Å². The molecule has 1 aromatic rings. The minimum atomic E-state index is -3.95. The Bertz CT molecular complexity index is 910. The summed E-state index contributed by atoms with van der Waals surface area (Å²) in [6.45, 7) is 3.86. The highest BCUT2D eigenvalue weighted by Gasteiger charge is 2.32. The van der Waals surface area contributed by atoms with Crippen LogP contribution in [0.2, 0.25) is 0 Å². The number of nitrogens with one attached hydrogen (secondary N) is 1. The standard InChI is InChI=1S/C19H34N5O9P/c1-5-32-34(29,11-31-13(9-25)8-24-7-6-15(20)23-19(24)28)33-10-14(18(27)30-4)22-17(26)16(21)12(2)3/h6-7,12-14,16,25H,5,8-11,21H2,1-4H3,(H,22,26)(H2,20,23,28)/t13-,14-,16-,34?/m0/s1. The first-order valence-corrected chi connectivity index (χ1v) is 12.3. The number of ether oxygens (including phenoxy) is 2. The van der Waals surface area contributed by atoms with Gasteiger partial charge in [0.05, 0.1) is 45.6 Å². The van der Waals surface area contributed by atoms with Crippen LogP contribution < -0.4 is 22.5 Å². The van der Waals surface area contributed by atoms with Crippen LogP contribution in [0.5, 0.6) is 0 Å². The van der Waals surface area contributed by atoms with Gasteiger partial charge in [0.2, 0.25) is 5.91 Å². The molecule has 0 saturated heterocycles. The molecular weight excluding hydrogens is 473 g/mol. The summed E-state index contributed by atoms with van der Waals surface area (Å²) in [7, 11) is -2.83. The van der Waals surface area contributed by atoms with Gasteiger partial charge < -0.3 is 40.4 Å². The molecule has 194 valence electrons. The third kappa shape index (κ3) is 9.49. The molecule has 14 nitrogen and oxygen atoms in total. The fourth-order valence-corrected chi connectivity index (χ4v) is 3.92. The summed E-state index contributed by atoms with van der Waals surface area (Å²) < 4.78 is 34.9. The molecule has 6 N–H and O–H groups in total. The van der Waals surface area contributed by atoms with Gasteiger partial charge in [0.1, 0.15) is 12.2 Å². The van der Waals surface area contributed by atoms with E-state index >= 15 is 0 Å². The van der Waals surface area contributed by atoms with Crippen LogP contribution >= 0.6 is 7.60 Å². The second kappa shape index (κ2) is 14.1. The van der Waals surface area contributed by atoms with Gasteiger partial charge in [-0.05, 0) is 18.9 Å². The Morgan fingerprint density at radius 3 is 2.53 bits per heavy atom. The average Bonchev–Trinajstić information content (AvgIpc) is 2.79. The summed E-state index contributed by atoms with van der Waals surface area (Å²) >= 11 is 0. The third-order valence-electron chi connectivity index (χ3n) is 4.55. The predicted octanol–water partition coefficient (Wildman–Crippen LogP) is -0.952. The maximum absolute atomic E-state index is 13.1. The van der Waals surface area contributed by atoms with E-state index in [9.17, 15) is 24.1 Å². The molecule has 4 atom stereocenters. The van der Waals surface area contributed by atoms with Gasteiger partial charge in [0, 0.05) is 6.20 Å². The second-order valence-electron chi connectivity index (χ2n) is 7.57. The number of esters is 1. The largest absolute Gasteiger partial charge is 0.467 e. The van der Waals surface area contributed by atoms with Gasteiger partial charge >= 0.3 is 19.3 Å². The van der Waals surface area contributed by atoms with Crippen molar-refractivity contribution in [3.05, 3.63) is 22.7 Å². The summed E-state index contributed by atoms with van der Waals surface area (Å²) in [6.07, 6.45) is -0.183. The zero-order valence-corrected chi connectivity index (χ0v) is 20.6. The quantitative estimate of drug-likeness (QED) is 0.167. The molecule has 0 aliphatic rings. The van der Waals surface area contributed by atoms with Gasteiger partial charge in [0.15, 0.2) is 6.04 Å². The zero-order chi connectivity index (χ0) is 25.9.